The molecule has 0 spiro atoms. The largest absolute Gasteiger partial charge is 0.486 e. The van der Waals surface area contributed by atoms with E-state index in [1.165, 1.54) is 11.8 Å². The van der Waals surface area contributed by atoms with E-state index in [0.29, 0.717) is 25.5 Å². The Bertz CT molecular complexity index is 977. The second kappa shape index (κ2) is 7.88. The molecular formula is C21H20N2O3S. The van der Waals surface area contributed by atoms with Gasteiger partial charge in [0.2, 0.25) is 5.91 Å². The molecule has 2 heterocycles. The summed E-state index contributed by atoms with van der Waals surface area (Å²) in [5.41, 5.74) is 1.96. The van der Waals surface area contributed by atoms with Crippen molar-refractivity contribution in [3.05, 3.63) is 60.2 Å². The second-order valence-electron chi connectivity index (χ2n) is 6.36. The van der Waals surface area contributed by atoms with E-state index in [4.69, 9.17) is 9.47 Å². The number of para-hydroxylation sites is 1. The lowest BCUT2D eigenvalue weighted by Gasteiger charge is -2.21. The number of benzene rings is 2. The number of ether oxygens (including phenoxy) is 2. The van der Waals surface area contributed by atoms with Gasteiger partial charge in [0, 0.05) is 19.0 Å². The Labute approximate surface area is 162 Å². The number of thioether (sulfide) groups is 1. The zero-order chi connectivity index (χ0) is 18.6. The summed E-state index contributed by atoms with van der Waals surface area (Å²) < 4.78 is 11.1. The van der Waals surface area contributed by atoms with Crippen molar-refractivity contribution in [2.75, 3.05) is 26.0 Å². The van der Waals surface area contributed by atoms with Gasteiger partial charge in [-0.1, -0.05) is 42.1 Å². The molecule has 1 aliphatic rings. The average molecular weight is 380 g/mol. The molecule has 5 nitrogen and oxygen atoms in total. The first-order valence-corrected chi connectivity index (χ1v) is 9.79. The number of nitrogens with zero attached hydrogens (tertiary/aromatic N) is 2. The molecule has 0 N–H and O–H groups in total. The second-order valence-corrected chi connectivity index (χ2v) is 7.35. The van der Waals surface area contributed by atoms with Gasteiger partial charge in [-0.25, -0.2) is 4.98 Å². The van der Waals surface area contributed by atoms with Gasteiger partial charge >= 0.3 is 0 Å². The van der Waals surface area contributed by atoms with E-state index in [2.05, 4.69) is 4.98 Å². The van der Waals surface area contributed by atoms with E-state index in [1.807, 2.05) is 61.6 Å². The van der Waals surface area contributed by atoms with Gasteiger partial charge in [0.15, 0.2) is 11.5 Å². The first-order chi connectivity index (χ1) is 13.2. The van der Waals surface area contributed by atoms with Crippen LogP contribution in [0.15, 0.2) is 59.6 Å². The summed E-state index contributed by atoms with van der Waals surface area (Å²) in [5, 5.41) is 1.96. The third kappa shape index (κ3) is 4.17. The summed E-state index contributed by atoms with van der Waals surface area (Å²) in [6.45, 7) is 1.66. The smallest absolute Gasteiger partial charge is 0.233 e. The van der Waals surface area contributed by atoms with Gasteiger partial charge in [-0.15, -0.1) is 0 Å². The predicted octanol–water partition coefficient (Wildman–Crippen LogP) is 3.76. The molecule has 0 saturated carbocycles. The standard InChI is InChI=1S/C21H20N2O3S/c1-23(13-15-6-8-18-19(12-15)26-11-10-25-18)21(24)14-27-20-9-7-16-4-2-3-5-17(16)22-20/h2-9,12H,10-11,13-14H2,1H3. The van der Waals surface area contributed by atoms with Crippen LogP contribution in [-0.4, -0.2) is 41.8 Å². The van der Waals surface area contributed by atoms with Gasteiger partial charge in [0.1, 0.15) is 13.2 Å². The molecule has 1 aliphatic heterocycles. The number of rotatable bonds is 5. The van der Waals surface area contributed by atoms with Gasteiger partial charge in [0.05, 0.1) is 16.3 Å². The molecule has 27 heavy (non-hydrogen) atoms. The average Bonchev–Trinajstić information content (AvgIpc) is 2.71. The number of fused-ring (bicyclic) bond motifs is 2. The number of aromatic nitrogens is 1. The Morgan fingerprint density at radius 3 is 2.78 bits per heavy atom. The van der Waals surface area contributed by atoms with Gasteiger partial charge in [-0.2, -0.15) is 0 Å². The molecule has 0 atom stereocenters. The molecule has 0 fully saturated rings. The lowest BCUT2D eigenvalue weighted by atomic mass is 10.2. The monoisotopic (exact) mass is 380 g/mol. The van der Waals surface area contributed by atoms with Crippen LogP contribution in [0.3, 0.4) is 0 Å². The maximum absolute atomic E-state index is 12.5. The molecule has 0 radical (unpaired) electrons. The zero-order valence-electron chi connectivity index (χ0n) is 15.1. The van der Waals surface area contributed by atoms with Crippen LogP contribution in [0.25, 0.3) is 10.9 Å². The molecule has 2 aromatic carbocycles. The number of hydrogen-bond donors (Lipinski definition) is 0. The molecular weight excluding hydrogens is 360 g/mol. The van der Waals surface area contributed by atoms with Crippen LogP contribution in [0.5, 0.6) is 11.5 Å². The van der Waals surface area contributed by atoms with Crippen molar-refractivity contribution >= 4 is 28.6 Å². The first-order valence-electron chi connectivity index (χ1n) is 8.80. The van der Waals surface area contributed by atoms with Gasteiger partial charge < -0.3 is 14.4 Å². The van der Waals surface area contributed by atoms with E-state index in [9.17, 15) is 4.79 Å². The van der Waals surface area contributed by atoms with Gasteiger partial charge in [-0.05, 0) is 29.8 Å². The van der Waals surface area contributed by atoms with E-state index >= 15 is 0 Å². The molecule has 0 bridgehead atoms. The maximum atomic E-state index is 12.5. The first kappa shape index (κ1) is 17.7. The number of hydrogen-bond acceptors (Lipinski definition) is 5. The predicted molar refractivity (Wildman–Crippen MR) is 106 cm³/mol. The lowest BCUT2D eigenvalue weighted by Crippen LogP contribution is -2.28. The SMILES string of the molecule is CN(Cc1ccc2c(c1)OCCO2)C(=O)CSc1ccc2ccccc2n1. The van der Waals surface area contributed by atoms with Crippen molar-refractivity contribution in [3.8, 4) is 11.5 Å². The number of pyridine rings is 1. The number of carbonyl (C=O) groups is 1. The summed E-state index contributed by atoms with van der Waals surface area (Å²) in [4.78, 5) is 18.8. The summed E-state index contributed by atoms with van der Waals surface area (Å²) in [5.74, 6) is 1.92. The van der Waals surface area contributed by atoms with Crippen LogP contribution >= 0.6 is 11.8 Å². The Kier molecular flexibility index (Phi) is 5.16. The highest BCUT2D eigenvalue weighted by atomic mass is 32.2. The highest BCUT2D eigenvalue weighted by Crippen LogP contribution is 2.31. The molecule has 1 amide bonds. The topological polar surface area (TPSA) is 51.7 Å². The molecule has 6 heteroatoms. The maximum Gasteiger partial charge on any atom is 0.233 e. The minimum absolute atomic E-state index is 0.0600. The fourth-order valence-electron chi connectivity index (χ4n) is 2.92. The van der Waals surface area contributed by atoms with Crippen LogP contribution in [-0.2, 0) is 11.3 Å². The molecule has 0 saturated heterocycles. The van der Waals surface area contributed by atoms with Crippen molar-refractivity contribution in [1.29, 1.82) is 0 Å². The van der Waals surface area contributed by atoms with Crippen molar-refractivity contribution in [1.82, 2.24) is 9.88 Å². The number of amides is 1. The zero-order valence-corrected chi connectivity index (χ0v) is 15.9. The Hall–Kier alpha value is -2.73. The quantitative estimate of drug-likeness (QED) is 0.631. The van der Waals surface area contributed by atoms with E-state index in [0.717, 1.165) is 33.0 Å². The minimum Gasteiger partial charge on any atom is -0.486 e. The summed E-state index contributed by atoms with van der Waals surface area (Å²) >= 11 is 1.46. The van der Waals surface area contributed by atoms with Crippen molar-refractivity contribution in [3.63, 3.8) is 0 Å². The van der Waals surface area contributed by atoms with Crippen molar-refractivity contribution in [2.45, 2.75) is 11.6 Å². The normalized spacial score (nSPS) is 12.8. The van der Waals surface area contributed by atoms with Crippen LogP contribution in [0.2, 0.25) is 0 Å². The van der Waals surface area contributed by atoms with E-state index in [-0.39, 0.29) is 5.91 Å². The summed E-state index contributed by atoms with van der Waals surface area (Å²) in [6.07, 6.45) is 0. The van der Waals surface area contributed by atoms with Gasteiger partial charge in [0.25, 0.3) is 0 Å². The van der Waals surface area contributed by atoms with Crippen LogP contribution < -0.4 is 9.47 Å². The molecule has 1 aromatic heterocycles. The molecule has 0 unspecified atom stereocenters. The van der Waals surface area contributed by atoms with Crippen LogP contribution in [0.1, 0.15) is 5.56 Å². The Balaban J connectivity index is 1.36. The third-order valence-electron chi connectivity index (χ3n) is 4.37. The van der Waals surface area contributed by atoms with Crippen molar-refractivity contribution in [2.24, 2.45) is 0 Å². The van der Waals surface area contributed by atoms with Gasteiger partial charge in [-0.3, -0.25) is 4.79 Å². The fourth-order valence-corrected chi connectivity index (χ4v) is 3.74. The Morgan fingerprint density at radius 1 is 1.07 bits per heavy atom. The van der Waals surface area contributed by atoms with E-state index < -0.39 is 0 Å². The highest BCUT2D eigenvalue weighted by Gasteiger charge is 2.15. The molecule has 0 aliphatic carbocycles. The summed E-state index contributed by atoms with van der Waals surface area (Å²) in [6, 6.07) is 17.8. The van der Waals surface area contributed by atoms with Crippen LogP contribution in [0, 0.1) is 0 Å². The molecule has 4 rings (SSSR count). The lowest BCUT2D eigenvalue weighted by molar-refractivity contribution is -0.127. The molecule has 138 valence electrons. The third-order valence-corrected chi connectivity index (χ3v) is 5.28. The highest BCUT2D eigenvalue weighted by molar-refractivity contribution is 7.99. The van der Waals surface area contributed by atoms with E-state index in [1.54, 1.807) is 4.90 Å². The summed E-state index contributed by atoms with van der Waals surface area (Å²) in [7, 11) is 1.81. The van der Waals surface area contributed by atoms with Crippen LogP contribution in [0.4, 0.5) is 0 Å². The number of carbonyl (C=O) groups excluding carboxylic acids is 1. The van der Waals surface area contributed by atoms with Crippen molar-refractivity contribution < 1.29 is 14.3 Å². The minimum atomic E-state index is 0.0600. The fraction of sp³-hybridized carbons (Fsp3) is 0.238. The molecule has 3 aromatic rings. The Morgan fingerprint density at radius 2 is 1.89 bits per heavy atom.